The van der Waals surface area contributed by atoms with Crippen LogP contribution in [0.4, 0.5) is 0 Å². The van der Waals surface area contributed by atoms with Crippen molar-refractivity contribution in [3.8, 4) is 6.07 Å². The van der Waals surface area contributed by atoms with E-state index in [1.807, 2.05) is 19.9 Å². The fraction of sp³-hybridized carbons (Fsp3) is 0.636. The van der Waals surface area contributed by atoms with E-state index in [0.717, 1.165) is 6.42 Å². The van der Waals surface area contributed by atoms with Crippen LogP contribution in [-0.4, -0.2) is 42.2 Å². The second-order valence-electron chi connectivity index (χ2n) is 3.64. The molecule has 0 aliphatic rings. The molecular formula is C11H19N3O2. The Labute approximate surface area is 96.4 Å². The number of carbonyl (C=O) groups excluding carboxylic acids is 1. The summed E-state index contributed by atoms with van der Waals surface area (Å²) < 4.78 is 0. The topological polar surface area (TPSA) is 76.4 Å². The minimum Gasteiger partial charge on any atom is -0.395 e. The molecule has 0 heterocycles. The molecular weight excluding hydrogens is 206 g/mol. The maximum Gasteiger partial charge on any atom is 0.263 e. The lowest BCUT2D eigenvalue weighted by Crippen LogP contribution is -2.33. The van der Waals surface area contributed by atoms with E-state index >= 15 is 0 Å². The third-order valence-electron chi connectivity index (χ3n) is 2.16. The highest BCUT2D eigenvalue weighted by molar-refractivity contribution is 5.97. The van der Waals surface area contributed by atoms with Crippen molar-refractivity contribution in [2.45, 2.75) is 26.3 Å². The normalized spacial score (nSPS) is 12.8. The molecule has 0 aromatic rings. The van der Waals surface area contributed by atoms with Crippen LogP contribution in [0.5, 0.6) is 0 Å². The fourth-order valence-corrected chi connectivity index (χ4v) is 0.985. The van der Waals surface area contributed by atoms with Crippen LogP contribution in [0.25, 0.3) is 0 Å². The quantitative estimate of drug-likeness (QED) is 0.501. The van der Waals surface area contributed by atoms with E-state index in [4.69, 9.17) is 10.4 Å². The number of hydrogen-bond acceptors (Lipinski definition) is 4. The van der Waals surface area contributed by atoms with Gasteiger partial charge < -0.3 is 15.3 Å². The molecule has 0 aliphatic carbocycles. The molecule has 5 nitrogen and oxygen atoms in total. The summed E-state index contributed by atoms with van der Waals surface area (Å²) in [7, 11) is 1.70. The summed E-state index contributed by atoms with van der Waals surface area (Å²) in [4.78, 5) is 13.2. The van der Waals surface area contributed by atoms with Crippen molar-refractivity contribution in [1.82, 2.24) is 10.2 Å². The third kappa shape index (κ3) is 5.37. The lowest BCUT2D eigenvalue weighted by molar-refractivity contribution is -0.117. The molecule has 1 amide bonds. The van der Waals surface area contributed by atoms with Crippen molar-refractivity contribution in [3.63, 3.8) is 0 Å². The minimum atomic E-state index is -0.373. The Bertz CT molecular complexity index is 294. The first-order chi connectivity index (χ1) is 7.54. The van der Waals surface area contributed by atoms with Crippen molar-refractivity contribution in [1.29, 1.82) is 5.26 Å². The fourth-order valence-electron chi connectivity index (χ4n) is 0.985. The Morgan fingerprint density at radius 1 is 1.69 bits per heavy atom. The average Bonchev–Trinajstić information content (AvgIpc) is 2.25. The molecule has 0 spiro atoms. The molecule has 0 radical (unpaired) electrons. The Hall–Kier alpha value is -1.54. The highest BCUT2D eigenvalue weighted by atomic mass is 16.3. The second kappa shape index (κ2) is 7.71. The molecule has 2 N–H and O–H groups in total. The van der Waals surface area contributed by atoms with E-state index < -0.39 is 0 Å². The number of hydrogen-bond donors (Lipinski definition) is 2. The van der Waals surface area contributed by atoms with Crippen LogP contribution < -0.4 is 5.32 Å². The zero-order valence-corrected chi connectivity index (χ0v) is 10.0. The van der Waals surface area contributed by atoms with Gasteiger partial charge in [-0.1, -0.05) is 6.92 Å². The van der Waals surface area contributed by atoms with E-state index in [2.05, 4.69) is 5.32 Å². The number of nitrogens with one attached hydrogen (secondary N) is 1. The maximum absolute atomic E-state index is 11.6. The predicted molar refractivity (Wildman–Crippen MR) is 61.3 cm³/mol. The first-order valence-electron chi connectivity index (χ1n) is 5.29. The van der Waals surface area contributed by atoms with Crippen molar-refractivity contribution >= 4 is 5.91 Å². The van der Waals surface area contributed by atoms with Crippen molar-refractivity contribution < 1.29 is 9.90 Å². The second-order valence-corrected chi connectivity index (χ2v) is 3.64. The number of carbonyl (C=O) groups is 1. The van der Waals surface area contributed by atoms with Crippen LogP contribution in [0.3, 0.4) is 0 Å². The van der Waals surface area contributed by atoms with Gasteiger partial charge in [-0.25, -0.2) is 0 Å². The highest BCUT2D eigenvalue weighted by Crippen LogP contribution is 1.98. The SMILES string of the molecule is CCC(C)NC(=O)/C(C#N)=C\N(C)CCO. The number of aliphatic hydroxyl groups is 1. The van der Waals surface area contributed by atoms with Crippen molar-refractivity contribution in [2.75, 3.05) is 20.2 Å². The highest BCUT2D eigenvalue weighted by Gasteiger charge is 2.11. The van der Waals surface area contributed by atoms with Gasteiger partial charge in [-0.2, -0.15) is 5.26 Å². The number of rotatable bonds is 6. The first kappa shape index (κ1) is 14.5. The molecule has 0 aliphatic heterocycles. The zero-order chi connectivity index (χ0) is 12.6. The summed E-state index contributed by atoms with van der Waals surface area (Å²) in [5.41, 5.74) is 0.0521. The van der Waals surface area contributed by atoms with Crippen LogP contribution in [0, 0.1) is 11.3 Å². The Kier molecular flexibility index (Phi) is 6.97. The minimum absolute atomic E-state index is 0.0152. The Morgan fingerprint density at radius 2 is 2.31 bits per heavy atom. The van der Waals surface area contributed by atoms with Gasteiger partial charge in [0.2, 0.25) is 0 Å². The lowest BCUT2D eigenvalue weighted by Gasteiger charge is -2.14. The smallest absolute Gasteiger partial charge is 0.263 e. The van der Waals surface area contributed by atoms with E-state index in [9.17, 15) is 4.79 Å². The lowest BCUT2D eigenvalue weighted by atomic mass is 10.2. The van der Waals surface area contributed by atoms with Crippen LogP contribution in [-0.2, 0) is 4.79 Å². The summed E-state index contributed by atoms with van der Waals surface area (Å²) in [5, 5.41) is 20.2. The molecule has 0 rings (SSSR count). The summed E-state index contributed by atoms with van der Waals surface area (Å²) in [6.45, 7) is 4.21. The van der Waals surface area contributed by atoms with Gasteiger partial charge in [0, 0.05) is 25.8 Å². The molecule has 1 atom stereocenters. The van der Waals surface area contributed by atoms with Gasteiger partial charge in [0.1, 0.15) is 11.6 Å². The van der Waals surface area contributed by atoms with Crippen LogP contribution in [0.1, 0.15) is 20.3 Å². The van der Waals surface area contributed by atoms with Gasteiger partial charge in [0.05, 0.1) is 6.61 Å². The van der Waals surface area contributed by atoms with Crippen LogP contribution in [0.15, 0.2) is 11.8 Å². The number of likely N-dealkylation sites (N-methyl/N-ethyl adjacent to an activating group) is 1. The molecule has 0 saturated heterocycles. The predicted octanol–water partition coefficient (Wildman–Crippen LogP) is 0.233. The summed E-state index contributed by atoms with van der Waals surface area (Å²) >= 11 is 0. The van der Waals surface area contributed by atoms with Gasteiger partial charge in [-0.3, -0.25) is 4.79 Å². The van der Waals surface area contributed by atoms with Gasteiger partial charge in [0.25, 0.3) is 5.91 Å². The van der Waals surface area contributed by atoms with E-state index in [1.165, 1.54) is 6.20 Å². The molecule has 5 heteroatoms. The van der Waals surface area contributed by atoms with Gasteiger partial charge in [-0.05, 0) is 13.3 Å². The third-order valence-corrected chi connectivity index (χ3v) is 2.16. The Morgan fingerprint density at radius 3 is 2.75 bits per heavy atom. The largest absolute Gasteiger partial charge is 0.395 e. The van der Waals surface area contributed by atoms with Crippen LogP contribution in [0.2, 0.25) is 0 Å². The number of nitrogens with zero attached hydrogens (tertiary/aromatic N) is 2. The summed E-state index contributed by atoms with van der Waals surface area (Å²) in [5.74, 6) is -0.373. The van der Waals surface area contributed by atoms with Gasteiger partial charge in [-0.15, -0.1) is 0 Å². The van der Waals surface area contributed by atoms with Gasteiger partial charge >= 0.3 is 0 Å². The average molecular weight is 225 g/mol. The summed E-state index contributed by atoms with van der Waals surface area (Å²) in [6.07, 6.45) is 2.25. The van der Waals surface area contributed by atoms with Gasteiger partial charge in [0.15, 0.2) is 0 Å². The molecule has 16 heavy (non-hydrogen) atoms. The molecule has 0 bridgehead atoms. The Balaban J connectivity index is 4.49. The van der Waals surface area contributed by atoms with Crippen molar-refractivity contribution in [2.24, 2.45) is 0 Å². The molecule has 0 fully saturated rings. The number of aliphatic hydroxyl groups excluding tert-OH is 1. The van der Waals surface area contributed by atoms with E-state index in [0.29, 0.717) is 6.54 Å². The standard InChI is InChI=1S/C11H19N3O2/c1-4-9(2)13-11(16)10(7-12)8-14(3)5-6-15/h8-9,15H,4-6H2,1-3H3,(H,13,16)/b10-8-. The maximum atomic E-state index is 11.6. The first-order valence-corrected chi connectivity index (χ1v) is 5.29. The zero-order valence-electron chi connectivity index (χ0n) is 10.0. The molecule has 1 unspecified atom stereocenters. The number of nitriles is 1. The molecule has 0 aromatic carbocycles. The van der Waals surface area contributed by atoms with Crippen molar-refractivity contribution in [3.05, 3.63) is 11.8 Å². The van der Waals surface area contributed by atoms with Crippen LogP contribution >= 0.6 is 0 Å². The molecule has 90 valence electrons. The molecule has 0 saturated carbocycles. The van der Waals surface area contributed by atoms with E-state index in [1.54, 1.807) is 11.9 Å². The summed E-state index contributed by atoms with van der Waals surface area (Å²) in [6, 6.07) is 1.89. The number of amides is 1. The molecule has 0 aromatic heterocycles. The monoisotopic (exact) mass is 225 g/mol. The van der Waals surface area contributed by atoms with E-state index in [-0.39, 0.29) is 24.1 Å².